The molecule has 0 saturated heterocycles. The fourth-order valence-electron chi connectivity index (χ4n) is 10.6. The molecule has 0 N–H and O–H groups in total. The van der Waals surface area contributed by atoms with Crippen molar-refractivity contribution in [2.24, 2.45) is 5.92 Å². The summed E-state index contributed by atoms with van der Waals surface area (Å²) in [5.74, 6) is 0.399. The van der Waals surface area contributed by atoms with Crippen molar-refractivity contribution in [2.75, 3.05) is 14.7 Å². The van der Waals surface area contributed by atoms with Gasteiger partial charge in [0.15, 0.2) is 0 Å². The highest BCUT2D eigenvalue weighted by molar-refractivity contribution is 6.00. The van der Waals surface area contributed by atoms with Crippen molar-refractivity contribution < 1.29 is 0 Å². The Morgan fingerprint density at radius 3 is 1.46 bits per heavy atom. The fraction of sp³-hybridized carbons (Fsp3) is 0.0725. The van der Waals surface area contributed by atoms with E-state index >= 15 is 0 Å². The van der Waals surface area contributed by atoms with E-state index in [1.54, 1.807) is 0 Å². The van der Waals surface area contributed by atoms with E-state index in [-0.39, 0.29) is 6.04 Å². The van der Waals surface area contributed by atoms with Gasteiger partial charge in [0.05, 0.1) is 17.4 Å². The molecule has 3 heteroatoms. The molecule has 0 aromatic heterocycles. The van der Waals surface area contributed by atoms with Crippen molar-refractivity contribution in [3.63, 3.8) is 0 Å². The number of anilines is 7. The molecule has 2 aliphatic rings. The average Bonchev–Trinajstić information content (AvgIpc) is 3.44. The van der Waals surface area contributed by atoms with E-state index in [2.05, 4.69) is 278 Å². The van der Waals surface area contributed by atoms with E-state index < -0.39 is 0 Å². The fourth-order valence-corrected chi connectivity index (χ4v) is 10.6. The van der Waals surface area contributed by atoms with Gasteiger partial charge >= 0.3 is 0 Å². The van der Waals surface area contributed by atoms with Gasteiger partial charge in [-0.1, -0.05) is 203 Å². The van der Waals surface area contributed by atoms with Gasteiger partial charge in [-0.25, -0.2) is 0 Å². The first kappa shape index (κ1) is 45.5. The van der Waals surface area contributed by atoms with Gasteiger partial charge < -0.3 is 14.7 Å². The molecule has 0 saturated carbocycles. The van der Waals surface area contributed by atoms with E-state index in [0.717, 1.165) is 58.1 Å². The van der Waals surface area contributed by atoms with Crippen LogP contribution in [-0.2, 0) is 0 Å². The van der Waals surface area contributed by atoms with Crippen molar-refractivity contribution in [2.45, 2.75) is 25.8 Å². The summed E-state index contributed by atoms with van der Waals surface area (Å²) in [7, 11) is 0. The third kappa shape index (κ3) is 9.17. The highest BCUT2D eigenvalue weighted by atomic mass is 15.2. The minimum absolute atomic E-state index is 0.138. The van der Waals surface area contributed by atoms with Gasteiger partial charge in [-0.3, -0.25) is 0 Å². The van der Waals surface area contributed by atoms with E-state index in [0.29, 0.717) is 5.92 Å². The molecule has 11 rings (SSSR count). The summed E-state index contributed by atoms with van der Waals surface area (Å²) in [5, 5.41) is 4.82. The monoisotopic (exact) mass is 927 g/mol. The Hall–Kier alpha value is -8.92. The first-order valence-corrected chi connectivity index (χ1v) is 25.0. The lowest BCUT2D eigenvalue weighted by Crippen LogP contribution is -2.35. The number of rotatable bonds is 14. The summed E-state index contributed by atoms with van der Waals surface area (Å²) in [6.07, 6.45) is 19.4. The van der Waals surface area contributed by atoms with Gasteiger partial charge in [-0.15, -0.1) is 0 Å². The van der Waals surface area contributed by atoms with Gasteiger partial charge in [0.25, 0.3) is 0 Å². The van der Waals surface area contributed by atoms with Gasteiger partial charge in [0.2, 0.25) is 0 Å². The quantitative estimate of drug-likeness (QED) is 0.108. The largest absolute Gasteiger partial charge is 0.338 e. The first-order chi connectivity index (χ1) is 35.4. The zero-order valence-electron chi connectivity index (χ0n) is 40.8. The van der Waals surface area contributed by atoms with Crippen LogP contribution in [0.15, 0.2) is 274 Å². The number of benzene rings is 9. The molecule has 0 amide bonds. The Balaban J connectivity index is 0.875. The number of nitrogens with zero attached hydrogens (tertiary/aromatic N) is 3. The normalized spacial score (nSPS) is 15.3. The van der Waals surface area contributed by atoms with Crippen molar-refractivity contribution in [3.8, 4) is 11.1 Å². The second-order valence-electron chi connectivity index (χ2n) is 18.8. The topological polar surface area (TPSA) is 9.72 Å². The van der Waals surface area contributed by atoms with Crippen LogP contribution in [-0.4, -0.2) is 6.04 Å². The zero-order chi connectivity index (χ0) is 49.0. The van der Waals surface area contributed by atoms with E-state index in [1.165, 1.54) is 60.8 Å². The Kier molecular flexibility index (Phi) is 12.8. The molecule has 348 valence electrons. The van der Waals surface area contributed by atoms with Crippen LogP contribution in [0.5, 0.6) is 0 Å². The summed E-state index contributed by atoms with van der Waals surface area (Å²) in [6.45, 7) is 14.6. The molecule has 2 unspecified atom stereocenters. The SMILES string of the molecule is C=CC1=CC(C)CC(N(c2ccc(-c3ccc(N(c4cccc(C=C)c4)c4cccc5ccccc45)cc3)cc2)C2C=CC(c3ccc(N(c4cccc(C=C)c4)c4cccc5ccccc45)cc3)=CC2)=C1. The second-order valence-corrected chi connectivity index (χ2v) is 18.8. The molecule has 3 nitrogen and oxygen atoms in total. The summed E-state index contributed by atoms with van der Waals surface area (Å²) >= 11 is 0. The highest BCUT2D eigenvalue weighted by Gasteiger charge is 2.26. The third-order valence-electron chi connectivity index (χ3n) is 14.1. The molecule has 2 aliphatic carbocycles. The minimum Gasteiger partial charge on any atom is -0.338 e. The molecule has 0 aliphatic heterocycles. The molecule has 0 spiro atoms. The van der Waals surface area contributed by atoms with Crippen molar-refractivity contribution in [1.29, 1.82) is 0 Å². The molecule has 72 heavy (non-hydrogen) atoms. The molecule has 0 heterocycles. The van der Waals surface area contributed by atoms with Crippen LogP contribution in [0, 0.1) is 5.92 Å². The maximum Gasteiger partial charge on any atom is 0.0557 e. The lowest BCUT2D eigenvalue weighted by Gasteiger charge is -2.37. The Bertz CT molecular complexity index is 3600. The first-order valence-electron chi connectivity index (χ1n) is 25.0. The maximum absolute atomic E-state index is 4.16. The van der Waals surface area contributed by atoms with Gasteiger partial charge in [-0.2, -0.15) is 0 Å². The maximum atomic E-state index is 4.16. The van der Waals surface area contributed by atoms with Gasteiger partial charge in [0, 0.05) is 44.9 Å². The summed E-state index contributed by atoms with van der Waals surface area (Å²) in [5.41, 5.74) is 17.2. The predicted octanol–water partition coefficient (Wildman–Crippen LogP) is 19.1. The number of allylic oxidation sites excluding steroid dienone is 7. The van der Waals surface area contributed by atoms with E-state index in [4.69, 9.17) is 0 Å². The van der Waals surface area contributed by atoms with Gasteiger partial charge in [0.1, 0.15) is 0 Å². The van der Waals surface area contributed by atoms with Crippen LogP contribution < -0.4 is 14.7 Å². The Morgan fingerprint density at radius 1 is 0.472 bits per heavy atom. The lowest BCUT2D eigenvalue weighted by molar-refractivity contribution is 0.644. The lowest BCUT2D eigenvalue weighted by atomic mass is 9.91. The number of hydrogen-bond donors (Lipinski definition) is 0. The molecular formula is C69H57N3. The molecule has 9 aromatic rings. The molecule has 9 aromatic carbocycles. The summed E-state index contributed by atoms with van der Waals surface area (Å²) < 4.78 is 0. The molecule has 0 radical (unpaired) electrons. The smallest absolute Gasteiger partial charge is 0.0557 e. The van der Waals surface area contributed by atoms with Gasteiger partial charge in [-0.05, 0) is 147 Å². The van der Waals surface area contributed by atoms with Crippen LogP contribution in [0.3, 0.4) is 0 Å². The average molecular weight is 928 g/mol. The van der Waals surface area contributed by atoms with E-state index in [9.17, 15) is 0 Å². The van der Waals surface area contributed by atoms with Crippen LogP contribution in [0.4, 0.5) is 39.8 Å². The summed E-state index contributed by atoms with van der Waals surface area (Å²) in [6, 6.07) is 74.7. The Morgan fingerprint density at radius 2 is 0.958 bits per heavy atom. The predicted molar refractivity (Wildman–Crippen MR) is 311 cm³/mol. The molecule has 0 bridgehead atoms. The third-order valence-corrected chi connectivity index (χ3v) is 14.1. The van der Waals surface area contributed by atoms with Crippen LogP contribution >= 0.6 is 0 Å². The minimum atomic E-state index is 0.138. The van der Waals surface area contributed by atoms with Crippen molar-refractivity contribution >= 4 is 79.1 Å². The molecule has 2 atom stereocenters. The standard InChI is InChI=1S/C69H57N3/c1-5-50-16-12-22-63(46-50)71(68-26-14-20-57-18-8-10-24-66(57)68)61-40-32-55(33-41-61)53-28-36-59(37-29-53)70(65-45-49(4)44-52(7-3)48-65)60-38-30-54(31-39-60)56-34-42-62(43-35-56)72(64-23-13-17-51(6-2)47-64)69-27-15-21-58-19-9-11-25-67(58)69/h5-38,40-44,46-49,60H,1-3,39,45H2,4H3. The Labute approximate surface area is 425 Å². The van der Waals surface area contributed by atoms with Crippen LogP contribution in [0.1, 0.15) is 36.5 Å². The van der Waals surface area contributed by atoms with Crippen molar-refractivity contribution in [3.05, 3.63) is 290 Å². The number of hydrogen-bond acceptors (Lipinski definition) is 3. The molecular weight excluding hydrogens is 871 g/mol. The van der Waals surface area contributed by atoms with Crippen LogP contribution in [0.2, 0.25) is 0 Å². The summed E-state index contributed by atoms with van der Waals surface area (Å²) in [4.78, 5) is 7.25. The second kappa shape index (κ2) is 20.2. The molecule has 0 fully saturated rings. The van der Waals surface area contributed by atoms with Crippen molar-refractivity contribution in [1.82, 2.24) is 0 Å². The van der Waals surface area contributed by atoms with Crippen LogP contribution in [0.25, 0.3) is 50.4 Å². The van der Waals surface area contributed by atoms with E-state index in [1.807, 2.05) is 18.2 Å². The highest BCUT2D eigenvalue weighted by Crippen LogP contribution is 2.43. The zero-order valence-corrected chi connectivity index (χ0v) is 40.8. The number of fused-ring (bicyclic) bond motifs is 2.